The van der Waals surface area contributed by atoms with Gasteiger partial charge in [-0.2, -0.15) is 5.26 Å². The average Bonchev–Trinajstić information content (AvgIpc) is 2.44. The molecule has 0 aromatic carbocycles. The first kappa shape index (κ1) is 11.0. The largest absolute Gasteiger partial charge is 0.338 e. The third kappa shape index (κ3) is 2.71. The lowest BCUT2D eigenvalue weighted by molar-refractivity contribution is -0.129. The summed E-state index contributed by atoms with van der Waals surface area (Å²) < 4.78 is 0. The molecular weight excluding hydrogens is 204 g/mol. The van der Waals surface area contributed by atoms with Crippen molar-refractivity contribution in [2.75, 3.05) is 6.54 Å². The van der Waals surface area contributed by atoms with Gasteiger partial charge in [0.2, 0.25) is 11.1 Å². The molecule has 1 aliphatic rings. The van der Waals surface area contributed by atoms with Gasteiger partial charge in [0.25, 0.3) is 0 Å². The molecule has 1 atom stereocenters. The van der Waals surface area contributed by atoms with Crippen LogP contribution in [0.15, 0.2) is 0 Å². The van der Waals surface area contributed by atoms with Crippen molar-refractivity contribution in [1.29, 1.82) is 5.26 Å². The summed E-state index contributed by atoms with van der Waals surface area (Å²) in [6.07, 6.45) is 1.63. The second-order valence-electron chi connectivity index (χ2n) is 3.25. The van der Waals surface area contributed by atoms with Gasteiger partial charge in [-0.1, -0.05) is 0 Å². The number of halogens is 1. The van der Waals surface area contributed by atoms with Gasteiger partial charge in [-0.3, -0.25) is 9.59 Å². The summed E-state index contributed by atoms with van der Waals surface area (Å²) in [4.78, 5) is 23.6. The molecule has 1 saturated heterocycles. The number of rotatable bonds is 4. The van der Waals surface area contributed by atoms with Crippen LogP contribution in [0.2, 0.25) is 0 Å². The molecule has 0 N–H and O–H groups in total. The lowest BCUT2D eigenvalue weighted by Gasteiger charge is -2.22. The van der Waals surface area contributed by atoms with E-state index in [2.05, 4.69) is 0 Å². The minimum Gasteiger partial charge on any atom is -0.338 e. The average molecular weight is 215 g/mol. The monoisotopic (exact) mass is 214 g/mol. The van der Waals surface area contributed by atoms with Crippen LogP contribution in [0.4, 0.5) is 0 Å². The highest BCUT2D eigenvalue weighted by molar-refractivity contribution is 6.63. The molecule has 0 bridgehead atoms. The van der Waals surface area contributed by atoms with Gasteiger partial charge in [-0.15, -0.1) is 0 Å². The molecule has 0 radical (unpaired) electrons. The molecule has 0 saturated carbocycles. The fourth-order valence-corrected chi connectivity index (χ4v) is 1.85. The molecule has 4 nitrogen and oxygen atoms in total. The van der Waals surface area contributed by atoms with Gasteiger partial charge in [0.1, 0.15) is 0 Å². The highest BCUT2D eigenvalue weighted by atomic mass is 35.5. The molecule has 0 aliphatic carbocycles. The van der Waals surface area contributed by atoms with Crippen LogP contribution in [-0.2, 0) is 9.59 Å². The lowest BCUT2D eigenvalue weighted by atomic mass is 10.1. The van der Waals surface area contributed by atoms with Crippen LogP contribution in [0, 0.1) is 11.3 Å². The van der Waals surface area contributed by atoms with E-state index in [0.29, 0.717) is 25.8 Å². The van der Waals surface area contributed by atoms with Gasteiger partial charge in [-0.05, 0) is 18.0 Å². The summed E-state index contributed by atoms with van der Waals surface area (Å²) in [5.41, 5.74) is 0. The van der Waals surface area contributed by atoms with E-state index in [1.165, 1.54) is 0 Å². The maximum atomic E-state index is 11.3. The van der Waals surface area contributed by atoms with Crippen LogP contribution in [0.25, 0.3) is 0 Å². The Labute approximate surface area is 87.4 Å². The van der Waals surface area contributed by atoms with Crippen LogP contribution >= 0.6 is 11.6 Å². The molecule has 76 valence electrons. The number of hydrogen-bond acceptors (Lipinski definition) is 3. The van der Waals surface area contributed by atoms with E-state index in [9.17, 15) is 9.59 Å². The zero-order chi connectivity index (χ0) is 10.6. The van der Waals surface area contributed by atoms with Crippen molar-refractivity contribution < 1.29 is 9.59 Å². The summed E-state index contributed by atoms with van der Waals surface area (Å²) >= 11 is 5.26. The fourth-order valence-electron chi connectivity index (χ4n) is 1.67. The number of amides is 1. The Kier molecular flexibility index (Phi) is 3.90. The van der Waals surface area contributed by atoms with Gasteiger partial charge in [0.15, 0.2) is 0 Å². The van der Waals surface area contributed by atoms with Crippen LogP contribution in [0.3, 0.4) is 0 Å². The smallest absolute Gasteiger partial charge is 0.223 e. The molecule has 0 spiro atoms. The van der Waals surface area contributed by atoms with Crippen LogP contribution in [-0.4, -0.2) is 28.6 Å². The van der Waals surface area contributed by atoms with Crippen molar-refractivity contribution in [2.24, 2.45) is 0 Å². The Morgan fingerprint density at radius 3 is 3.00 bits per heavy atom. The SMILES string of the molecule is N#CCCN1C(=O)CC[C@H]1CC(=O)Cl. The van der Waals surface area contributed by atoms with Gasteiger partial charge in [0.05, 0.1) is 12.5 Å². The van der Waals surface area contributed by atoms with Crippen molar-refractivity contribution in [2.45, 2.75) is 31.7 Å². The minimum atomic E-state index is -0.424. The first-order chi connectivity index (χ1) is 6.65. The lowest BCUT2D eigenvalue weighted by Crippen LogP contribution is -2.34. The minimum absolute atomic E-state index is 0.0168. The zero-order valence-electron chi connectivity index (χ0n) is 7.70. The molecule has 14 heavy (non-hydrogen) atoms. The molecule has 1 amide bonds. The number of nitriles is 1. The summed E-state index contributed by atoms with van der Waals surface area (Å²) in [7, 11) is 0. The predicted octanol–water partition coefficient (Wildman–Crippen LogP) is 1.05. The Bertz CT molecular complexity index is 285. The van der Waals surface area contributed by atoms with Crippen molar-refractivity contribution in [3.63, 3.8) is 0 Å². The molecule has 1 fully saturated rings. The highest BCUT2D eigenvalue weighted by Gasteiger charge is 2.31. The fraction of sp³-hybridized carbons (Fsp3) is 0.667. The van der Waals surface area contributed by atoms with Crippen molar-refractivity contribution >= 4 is 22.8 Å². The maximum Gasteiger partial charge on any atom is 0.223 e. The second kappa shape index (κ2) is 4.97. The maximum absolute atomic E-state index is 11.3. The first-order valence-electron chi connectivity index (χ1n) is 4.50. The Balaban J connectivity index is 2.53. The molecule has 0 unspecified atom stereocenters. The van der Waals surface area contributed by atoms with Gasteiger partial charge in [0, 0.05) is 25.4 Å². The van der Waals surface area contributed by atoms with Crippen molar-refractivity contribution in [3.05, 3.63) is 0 Å². The molecule has 0 aromatic rings. The topological polar surface area (TPSA) is 61.2 Å². The number of likely N-dealkylation sites (tertiary alicyclic amines) is 1. The van der Waals surface area contributed by atoms with Crippen LogP contribution < -0.4 is 0 Å². The van der Waals surface area contributed by atoms with E-state index in [1.54, 1.807) is 4.90 Å². The molecule has 1 heterocycles. The van der Waals surface area contributed by atoms with E-state index in [0.717, 1.165) is 0 Å². The number of hydrogen-bond donors (Lipinski definition) is 0. The summed E-state index contributed by atoms with van der Waals surface area (Å²) in [5, 5.41) is 7.98. The molecule has 5 heteroatoms. The third-order valence-corrected chi connectivity index (χ3v) is 2.47. The summed E-state index contributed by atoms with van der Waals surface area (Å²) in [6.45, 7) is 0.407. The molecular formula is C9H11ClN2O2. The van der Waals surface area contributed by atoms with E-state index in [1.807, 2.05) is 6.07 Å². The Hall–Kier alpha value is -1.08. The second-order valence-corrected chi connectivity index (χ2v) is 3.67. The summed E-state index contributed by atoms with van der Waals surface area (Å²) in [5.74, 6) is 0.0168. The Morgan fingerprint density at radius 2 is 2.43 bits per heavy atom. The van der Waals surface area contributed by atoms with Crippen LogP contribution in [0.5, 0.6) is 0 Å². The molecule has 1 aliphatic heterocycles. The highest BCUT2D eigenvalue weighted by Crippen LogP contribution is 2.22. The molecule has 1 rings (SSSR count). The van der Waals surface area contributed by atoms with Gasteiger partial charge < -0.3 is 4.90 Å². The van der Waals surface area contributed by atoms with E-state index in [-0.39, 0.29) is 18.4 Å². The van der Waals surface area contributed by atoms with E-state index in [4.69, 9.17) is 16.9 Å². The molecule has 0 aromatic heterocycles. The normalized spacial score (nSPS) is 21.0. The quantitative estimate of drug-likeness (QED) is 0.657. The predicted molar refractivity (Wildman–Crippen MR) is 50.4 cm³/mol. The van der Waals surface area contributed by atoms with E-state index < -0.39 is 5.24 Å². The zero-order valence-corrected chi connectivity index (χ0v) is 8.46. The third-order valence-electron chi connectivity index (χ3n) is 2.31. The van der Waals surface area contributed by atoms with Crippen molar-refractivity contribution in [1.82, 2.24) is 4.90 Å². The standard InChI is InChI=1S/C9H11ClN2O2/c10-8(13)6-7-2-3-9(14)12(7)5-1-4-11/h7H,1-3,5-6H2/t7-/m0/s1. The number of carbonyl (C=O) groups is 2. The number of carbonyl (C=O) groups excluding carboxylic acids is 2. The van der Waals surface area contributed by atoms with Crippen molar-refractivity contribution in [3.8, 4) is 6.07 Å². The summed E-state index contributed by atoms with van der Waals surface area (Å²) in [6, 6.07) is 1.88. The number of nitrogens with zero attached hydrogens (tertiary/aromatic N) is 2. The first-order valence-corrected chi connectivity index (χ1v) is 4.87. The van der Waals surface area contributed by atoms with Gasteiger partial charge in [-0.25, -0.2) is 0 Å². The van der Waals surface area contributed by atoms with E-state index >= 15 is 0 Å². The van der Waals surface area contributed by atoms with Gasteiger partial charge >= 0.3 is 0 Å². The Morgan fingerprint density at radius 1 is 1.71 bits per heavy atom. The van der Waals surface area contributed by atoms with Crippen LogP contribution in [0.1, 0.15) is 25.7 Å².